The van der Waals surface area contributed by atoms with Crippen LogP contribution in [0.1, 0.15) is 24.6 Å². The summed E-state index contributed by atoms with van der Waals surface area (Å²) >= 11 is 1.07. The van der Waals surface area contributed by atoms with Gasteiger partial charge < -0.3 is 5.11 Å². The number of amidine groups is 1. The highest BCUT2D eigenvalue weighted by molar-refractivity contribution is 8.13. The lowest BCUT2D eigenvalue weighted by Gasteiger charge is -2.19. The molecule has 0 amide bonds. The van der Waals surface area contributed by atoms with Gasteiger partial charge in [-0.1, -0.05) is 24.8 Å². The van der Waals surface area contributed by atoms with E-state index in [9.17, 15) is 18.3 Å². The summed E-state index contributed by atoms with van der Waals surface area (Å²) in [5.74, 6) is -0.117. The Bertz CT molecular complexity index is 572. The molecule has 0 saturated heterocycles. The van der Waals surface area contributed by atoms with Crippen molar-refractivity contribution in [3.05, 3.63) is 29.6 Å². The molecule has 1 unspecified atom stereocenters. The van der Waals surface area contributed by atoms with E-state index in [0.717, 1.165) is 29.4 Å². The van der Waals surface area contributed by atoms with Crippen LogP contribution in [0.25, 0.3) is 0 Å². The average molecular weight is 317 g/mol. The Kier molecular flexibility index (Phi) is 4.87. The van der Waals surface area contributed by atoms with Gasteiger partial charge >= 0.3 is 6.18 Å². The number of nitrogens with zero attached hydrogens (tertiary/aromatic N) is 3. The van der Waals surface area contributed by atoms with Crippen molar-refractivity contribution in [3.63, 3.8) is 0 Å². The lowest BCUT2D eigenvalue weighted by molar-refractivity contribution is -0.145. The Morgan fingerprint density at radius 3 is 2.86 bits per heavy atom. The molecule has 0 aliphatic carbocycles. The van der Waals surface area contributed by atoms with E-state index in [1.54, 1.807) is 12.3 Å². The first kappa shape index (κ1) is 15.8. The third kappa shape index (κ3) is 4.20. The van der Waals surface area contributed by atoms with Gasteiger partial charge in [0, 0.05) is 17.6 Å². The highest BCUT2D eigenvalue weighted by Gasteiger charge is 2.42. The standard InChI is InChI=1S/C13H14F3N3OS/c1-2-9-8(4-3-5-17-9)7-21-12-18-10(13(14,15)16)6-11(20)19-12/h3-5,10H,2,6-7H2,1H3,(H,18,19,20). The van der Waals surface area contributed by atoms with Crippen molar-refractivity contribution in [2.45, 2.75) is 37.7 Å². The van der Waals surface area contributed by atoms with Crippen LogP contribution in [-0.2, 0) is 12.2 Å². The zero-order chi connectivity index (χ0) is 15.5. The number of thioether (sulfide) groups is 1. The van der Waals surface area contributed by atoms with Crippen molar-refractivity contribution in [3.8, 4) is 0 Å². The molecular formula is C13H14F3N3OS. The van der Waals surface area contributed by atoms with Gasteiger partial charge in [-0.05, 0) is 18.1 Å². The maximum absolute atomic E-state index is 12.7. The number of hydrogen-bond acceptors (Lipinski definition) is 4. The van der Waals surface area contributed by atoms with Gasteiger partial charge in [-0.3, -0.25) is 4.98 Å². The lowest BCUT2D eigenvalue weighted by Crippen LogP contribution is -2.32. The van der Waals surface area contributed by atoms with E-state index in [4.69, 9.17) is 0 Å². The first-order valence-electron chi connectivity index (χ1n) is 6.36. The number of aliphatic imine (C=N–C) groups is 2. The predicted molar refractivity (Wildman–Crippen MR) is 76.9 cm³/mol. The summed E-state index contributed by atoms with van der Waals surface area (Å²) in [6.07, 6.45) is -2.66. The number of aromatic nitrogens is 1. The minimum absolute atomic E-state index is 0.0491. The van der Waals surface area contributed by atoms with Crippen LogP contribution in [0.2, 0.25) is 0 Å². The number of aryl methyl sites for hydroxylation is 1. The smallest absolute Gasteiger partial charge is 0.411 e. The second-order valence-corrected chi connectivity index (χ2v) is 5.40. The van der Waals surface area contributed by atoms with Gasteiger partial charge in [-0.2, -0.15) is 18.2 Å². The number of halogens is 3. The fourth-order valence-electron chi connectivity index (χ4n) is 1.86. The first-order chi connectivity index (χ1) is 9.90. The molecule has 0 bridgehead atoms. The summed E-state index contributed by atoms with van der Waals surface area (Å²) < 4.78 is 38.0. The predicted octanol–water partition coefficient (Wildman–Crippen LogP) is 3.52. The van der Waals surface area contributed by atoms with E-state index in [-0.39, 0.29) is 5.17 Å². The maximum Gasteiger partial charge on any atom is 0.411 e. The van der Waals surface area contributed by atoms with E-state index in [1.807, 2.05) is 13.0 Å². The summed E-state index contributed by atoms with van der Waals surface area (Å²) in [6, 6.07) is 1.72. The highest BCUT2D eigenvalue weighted by Crippen LogP contribution is 2.30. The van der Waals surface area contributed by atoms with Crippen molar-refractivity contribution >= 4 is 22.8 Å². The Morgan fingerprint density at radius 2 is 2.19 bits per heavy atom. The Balaban J connectivity index is 2.10. The molecule has 21 heavy (non-hydrogen) atoms. The SMILES string of the molecule is CCc1ncccc1CSC1=NC(C(F)(F)F)CC(O)=N1. The van der Waals surface area contributed by atoms with Gasteiger partial charge in [0.2, 0.25) is 0 Å². The van der Waals surface area contributed by atoms with Crippen LogP contribution >= 0.6 is 11.8 Å². The number of rotatable bonds is 3. The van der Waals surface area contributed by atoms with E-state index < -0.39 is 24.5 Å². The van der Waals surface area contributed by atoms with Crippen LogP contribution in [0.5, 0.6) is 0 Å². The van der Waals surface area contributed by atoms with E-state index >= 15 is 0 Å². The fraction of sp³-hybridized carbons (Fsp3) is 0.462. The molecule has 114 valence electrons. The molecular weight excluding hydrogens is 303 g/mol. The Morgan fingerprint density at radius 1 is 1.43 bits per heavy atom. The third-order valence-corrected chi connectivity index (χ3v) is 3.83. The quantitative estimate of drug-likeness (QED) is 0.928. The van der Waals surface area contributed by atoms with E-state index in [1.165, 1.54) is 0 Å². The molecule has 1 N–H and O–H groups in total. The number of hydrogen-bond donors (Lipinski definition) is 1. The second-order valence-electron chi connectivity index (χ2n) is 4.45. The Labute approximate surface area is 124 Å². The van der Waals surface area contributed by atoms with Crippen LogP contribution in [0.3, 0.4) is 0 Å². The molecule has 2 rings (SSSR count). The van der Waals surface area contributed by atoms with E-state index in [2.05, 4.69) is 15.0 Å². The zero-order valence-corrected chi connectivity index (χ0v) is 12.1. The molecule has 1 atom stereocenters. The Hall–Kier alpha value is -1.57. The van der Waals surface area contributed by atoms with Gasteiger partial charge in [-0.25, -0.2) is 4.99 Å². The highest BCUT2D eigenvalue weighted by atomic mass is 32.2. The molecule has 0 saturated carbocycles. The molecule has 1 aliphatic heterocycles. The van der Waals surface area contributed by atoms with Crippen LogP contribution < -0.4 is 0 Å². The largest absolute Gasteiger partial charge is 0.496 e. The van der Waals surface area contributed by atoms with Crippen LogP contribution in [-0.4, -0.2) is 33.4 Å². The number of aliphatic hydroxyl groups is 1. The third-order valence-electron chi connectivity index (χ3n) is 2.92. The molecule has 1 aliphatic rings. The van der Waals surface area contributed by atoms with Gasteiger partial charge in [0.05, 0.1) is 6.42 Å². The minimum Gasteiger partial charge on any atom is -0.496 e. The number of aliphatic hydroxyl groups excluding tert-OH is 1. The van der Waals surface area contributed by atoms with Crippen molar-refractivity contribution in [1.29, 1.82) is 0 Å². The topological polar surface area (TPSA) is 57.8 Å². The van der Waals surface area contributed by atoms with Gasteiger partial charge in [0.1, 0.15) is 0 Å². The van der Waals surface area contributed by atoms with Crippen LogP contribution in [0, 0.1) is 0 Å². The van der Waals surface area contributed by atoms with Crippen molar-refractivity contribution in [1.82, 2.24) is 4.98 Å². The maximum atomic E-state index is 12.7. The van der Waals surface area contributed by atoms with Crippen molar-refractivity contribution in [2.24, 2.45) is 9.98 Å². The summed E-state index contributed by atoms with van der Waals surface area (Å²) in [5.41, 5.74) is 1.82. The normalized spacial score (nSPS) is 19.1. The molecule has 0 fully saturated rings. The fourth-order valence-corrected chi connectivity index (χ4v) is 2.78. The molecule has 4 nitrogen and oxygen atoms in total. The molecule has 0 spiro atoms. The average Bonchev–Trinajstić information content (AvgIpc) is 2.44. The van der Waals surface area contributed by atoms with Crippen LogP contribution in [0.15, 0.2) is 28.3 Å². The summed E-state index contributed by atoms with van der Waals surface area (Å²) in [4.78, 5) is 11.5. The van der Waals surface area contributed by atoms with Gasteiger partial charge in [-0.15, -0.1) is 0 Å². The molecule has 2 heterocycles. The molecule has 0 radical (unpaired) electrons. The van der Waals surface area contributed by atoms with E-state index in [0.29, 0.717) is 5.75 Å². The number of alkyl halides is 3. The minimum atomic E-state index is -4.47. The van der Waals surface area contributed by atoms with Crippen molar-refractivity contribution in [2.75, 3.05) is 0 Å². The monoisotopic (exact) mass is 317 g/mol. The summed E-state index contributed by atoms with van der Waals surface area (Å²) in [5, 5.41) is 9.31. The van der Waals surface area contributed by atoms with Crippen molar-refractivity contribution < 1.29 is 18.3 Å². The molecule has 1 aromatic rings. The van der Waals surface area contributed by atoms with Gasteiger partial charge in [0.25, 0.3) is 0 Å². The second kappa shape index (κ2) is 6.46. The lowest BCUT2D eigenvalue weighted by atomic mass is 10.2. The summed E-state index contributed by atoms with van der Waals surface area (Å²) in [7, 11) is 0. The summed E-state index contributed by atoms with van der Waals surface area (Å²) in [6.45, 7) is 1.96. The van der Waals surface area contributed by atoms with Gasteiger partial charge in [0.15, 0.2) is 17.1 Å². The number of pyridine rings is 1. The molecule has 0 aromatic carbocycles. The first-order valence-corrected chi connectivity index (χ1v) is 7.35. The molecule has 8 heteroatoms. The molecule has 1 aromatic heterocycles. The zero-order valence-electron chi connectivity index (χ0n) is 11.3. The van der Waals surface area contributed by atoms with Crippen LogP contribution in [0.4, 0.5) is 13.2 Å².